The molecule has 0 aliphatic rings. The molecule has 0 saturated heterocycles. The van der Waals surface area contributed by atoms with E-state index >= 15 is 0 Å². The van der Waals surface area contributed by atoms with Crippen LogP contribution in [0.4, 0.5) is 0 Å². The Kier molecular flexibility index (Phi) is 2.80. The average Bonchev–Trinajstić information content (AvgIpc) is 2.05. The third-order valence-electron chi connectivity index (χ3n) is 1.53. The molecule has 64 valence electrons. The van der Waals surface area contributed by atoms with Crippen LogP contribution in [0.2, 0.25) is 0 Å². The first-order valence-corrected chi connectivity index (χ1v) is 3.83. The van der Waals surface area contributed by atoms with Crippen molar-refractivity contribution < 1.29 is 9.53 Å². The van der Waals surface area contributed by atoms with E-state index in [4.69, 9.17) is 4.74 Å². The highest BCUT2D eigenvalue weighted by atomic mass is 16.5. The molecule has 0 amide bonds. The third-order valence-corrected chi connectivity index (χ3v) is 1.53. The van der Waals surface area contributed by atoms with Crippen LogP contribution in [0.3, 0.4) is 0 Å². The number of aromatic nitrogens is 1. The number of carbonyl (C=O) groups excluding carboxylic acids is 1. The van der Waals surface area contributed by atoms with Crippen LogP contribution in [0.5, 0.6) is 0 Å². The lowest BCUT2D eigenvalue weighted by molar-refractivity contribution is 0.0525. The predicted octanol–water partition coefficient (Wildman–Crippen LogP) is 1.57. The van der Waals surface area contributed by atoms with E-state index in [0.717, 1.165) is 5.56 Å². The number of carbonyl (C=O) groups is 1. The van der Waals surface area contributed by atoms with Crippen molar-refractivity contribution in [1.29, 1.82) is 0 Å². The number of esters is 1. The molecule has 0 N–H and O–H groups in total. The lowest BCUT2D eigenvalue weighted by Gasteiger charge is -2.02. The smallest absolute Gasteiger partial charge is 0.339 e. The van der Waals surface area contributed by atoms with Gasteiger partial charge in [-0.2, -0.15) is 0 Å². The van der Waals surface area contributed by atoms with Gasteiger partial charge in [-0.15, -0.1) is 0 Å². The second kappa shape index (κ2) is 3.85. The topological polar surface area (TPSA) is 39.2 Å². The molecular weight excluding hydrogens is 154 g/mol. The SMILES string of the molecule is CCOC(=O)c1cnccc1C. The Morgan fingerprint density at radius 1 is 1.67 bits per heavy atom. The molecule has 0 radical (unpaired) electrons. The van der Waals surface area contributed by atoms with Gasteiger partial charge >= 0.3 is 5.97 Å². The van der Waals surface area contributed by atoms with Gasteiger partial charge in [0.05, 0.1) is 12.2 Å². The number of nitrogens with zero attached hydrogens (tertiary/aromatic N) is 1. The number of hydrogen-bond donors (Lipinski definition) is 0. The predicted molar refractivity (Wildman–Crippen MR) is 44.9 cm³/mol. The zero-order valence-electron chi connectivity index (χ0n) is 7.20. The van der Waals surface area contributed by atoms with Crippen molar-refractivity contribution in [1.82, 2.24) is 4.98 Å². The van der Waals surface area contributed by atoms with Crippen molar-refractivity contribution in [3.05, 3.63) is 29.6 Å². The molecule has 1 aromatic rings. The van der Waals surface area contributed by atoms with Crippen molar-refractivity contribution in [2.24, 2.45) is 0 Å². The normalized spacial score (nSPS) is 9.50. The van der Waals surface area contributed by atoms with Crippen molar-refractivity contribution in [3.8, 4) is 0 Å². The highest BCUT2D eigenvalue weighted by molar-refractivity contribution is 5.90. The van der Waals surface area contributed by atoms with Gasteiger partial charge in [0.25, 0.3) is 0 Å². The molecule has 3 heteroatoms. The van der Waals surface area contributed by atoms with Gasteiger partial charge in [-0.3, -0.25) is 4.98 Å². The van der Waals surface area contributed by atoms with Crippen LogP contribution in [0.25, 0.3) is 0 Å². The highest BCUT2D eigenvalue weighted by Crippen LogP contribution is 2.06. The average molecular weight is 165 g/mol. The lowest BCUT2D eigenvalue weighted by atomic mass is 10.2. The summed E-state index contributed by atoms with van der Waals surface area (Å²) in [5.74, 6) is -0.303. The summed E-state index contributed by atoms with van der Waals surface area (Å²) in [5, 5.41) is 0. The van der Waals surface area contributed by atoms with Crippen molar-refractivity contribution in [2.75, 3.05) is 6.61 Å². The van der Waals surface area contributed by atoms with Gasteiger partial charge in [-0.1, -0.05) is 0 Å². The molecule has 1 aromatic heterocycles. The Morgan fingerprint density at radius 3 is 3.00 bits per heavy atom. The quantitative estimate of drug-likeness (QED) is 0.624. The molecule has 0 unspecified atom stereocenters. The van der Waals surface area contributed by atoms with Gasteiger partial charge in [0.15, 0.2) is 0 Å². The van der Waals surface area contributed by atoms with E-state index in [0.29, 0.717) is 12.2 Å². The van der Waals surface area contributed by atoms with Gasteiger partial charge in [0, 0.05) is 12.4 Å². The number of rotatable bonds is 2. The van der Waals surface area contributed by atoms with E-state index in [1.807, 2.05) is 6.92 Å². The summed E-state index contributed by atoms with van der Waals surface area (Å²) in [5.41, 5.74) is 1.43. The molecule has 1 heterocycles. The Labute approximate surface area is 71.4 Å². The number of hydrogen-bond acceptors (Lipinski definition) is 3. The van der Waals surface area contributed by atoms with Crippen LogP contribution >= 0.6 is 0 Å². The summed E-state index contributed by atoms with van der Waals surface area (Å²) in [7, 11) is 0. The number of ether oxygens (including phenoxy) is 1. The first kappa shape index (κ1) is 8.71. The minimum atomic E-state index is -0.303. The molecule has 0 atom stereocenters. The summed E-state index contributed by atoms with van der Waals surface area (Å²) >= 11 is 0. The maximum Gasteiger partial charge on any atom is 0.339 e. The van der Waals surface area contributed by atoms with Crippen molar-refractivity contribution in [2.45, 2.75) is 13.8 Å². The van der Waals surface area contributed by atoms with E-state index in [1.165, 1.54) is 6.20 Å². The molecule has 1 rings (SSSR count). The molecule has 0 aliphatic heterocycles. The van der Waals surface area contributed by atoms with Gasteiger partial charge in [0.1, 0.15) is 0 Å². The van der Waals surface area contributed by atoms with E-state index in [1.54, 1.807) is 19.2 Å². The molecule has 0 aromatic carbocycles. The molecule has 3 nitrogen and oxygen atoms in total. The minimum Gasteiger partial charge on any atom is -0.462 e. The number of aryl methyl sites for hydroxylation is 1. The van der Waals surface area contributed by atoms with Crippen LogP contribution in [-0.4, -0.2) is 17.6 Å². The van der Waals surface area contributed by atoms with Crippen molar-refractivity contribution >= 4 is 5.97 Å². The van der Waals surface area contributed by atoms with E-state index in [2.05, 4.69) is 4.98 Å². The number of pyridine rings is 1. The standard InChI is InChI=1S/C9H11NO2/c1-3-12-9(11)8-6-10-5-4-7(8)2/h4-6H,3H2,1-2H3. The fourth-order valence-corrected chi connectivity index (χ4v) is 0.887. The monoisotopic (exact) mass is 165 g/mol. The third kappa shape index (κ3) is 1.81. The van der Waals surface area contributed by atoms with Crippen LogP contribution in [0, 0.1) is 6.92 Å². The molecule has 0 bridgehead atoms. The zero-order valence-corrected chi connectivity index (χ0v) is 7.20. The fraction of sp³-hybridized carbons (Fsp3) is 0.333. The van der Waals surface area contributed by atoms with Crippen LogP contribution in [0.1, 0.15) is 22.8 Å². The summed E-state index contributed by atoms with van der Waals surface area (Å²) < 4.78 is 4.83. The Morgan fingerprint density at radius 2 is 2.42 bits per heavy atom. The van der Waals surface area contributed by atoms with Gasteiger partial charge in [-0.25, -0.2) is 4.79 Å². The molecule has 0 spiro atoms. The second-order valence-electron chi connectivity index (χ2n) is 2.41. The largest absolute Gasteiger partial charge is 0.462 e. The first-order valence-electron chi connectivity index (χ1n) is 3.83. The maximum atomic E-state index is 11.2. The fourth-order valence-electron chi connectivity index (χ4n) is 0.887. The van der Waals surface area contributed by atoms with Crippen LogP contribution in [0.15, 0.2) is 18.5 Å². The van der Waals surface area contributed by atoms with E-state index < -0.39 is 0 Å². The van der Waals surface area contributed by atoms with Gasteiger partial charge in [0.2, 0.25) is 0 Å². The molecule has 0 saturated carbocycles. The minimum absolute atomic E-state index is 0.303. The van der Waals surface area contributed by atoms with Crippen molar-refractivity contribution in [3.63, 3.8) is 0 Å². The van der Waals surface area contributed by atoms with Gasteiger partial charge < -0.3 is 4.74 Å². The van der Waals surface area contributed by atoms with Crippen LogP contribution < -0.4 is 0 Å². The van der Waals surface area contributed by atoms with Crippen LogP contribution in [-0.2, 0) is 4.74 Å². The lowest BCUT2D eigenvalue weighted by Crippen LogP contribution is -2.06. The summed E-state index contributed by atoms with van der Waals surface area (Å²) in [6.07, 6.45) is 3.17. The Hall–Kier alpha value is -1.38. The zero-order chi connectivity index (χ0) is 8.97. The Balaban J connectivity index is 2.87. The van der Waals surface area contributed by atoms with E-state index in [9.17, 15) is 4.79 Å². The molecule has 0 aliphatic carbocycles. The maximum absolute atomic E-state index is 11.2. The first-order chi connectivity index (χ1) is 5.75. The van der Waals surface area contributed by atoms with Gasteiger partial charge in [-0.05, 0) is 25.5 Å². The second-order valence-corrected chi connectivity index (χ2v) is 2.41. The summed E-state index contributed by atoms with van der Waals surface area (Å²) in [4.78, 5) is 15.1. The molecule has 12 heavy (non-hydrogen) atoms. The van der Waals surface area contributed by atoms with E-state index in [-0.39, 0.29) is 5.97 Å². The Bertz CT molecular complexity index is 284. The molecule has 0 fully saturated rings. The molecular formula is C9H11NO2. The summed E-state index contributed by atoms with van der Waals surface area (Å²) in [6.45, 7) is 4.03. The highest BCUT2D eigenvalue weighted by Gasteiger charge is 2.08. The summed E-state index contributed by atoms with van der Waals surface area (Å²) in [6, 6.07) is 1.78.